The van der Waals surface area contributed by atoms with Gasteiger partial charge in [0, 0.05) is 17.5 Å². The fourth-order valence-electron chi connectivity index (χ4n) is 1.55. The van der Waals surface area contributed by atoms with Crippen molar-refractivity contribution in [3.63, 3.8) is 0 Å². The molecule has 0 amide bonds. The first-order valence-electron chi connectivity index (χ1n) is 5.99. The van der Waals surface area contributed by atoms with Crippen LogP contribution in [0.3, 0.4) is 0 Å². The highest BCUT2D eigenvalue weighted by Crippen LogP contribution is 2.31. The van der Waals surface area contributed by atoms with Crippen LogP contribution in [0.2, 0.25) is 5.02 Å². The Morgan fingerprint density at radius 2 is 1.94 bits per heavy atom. The van der Waals surface area contributed by atoms with Crippen LogP contribution in [0.5, 0.6) is 5.75 Å². The highest BCUT2D eigenvalue weighted by molar-refractivity contribution is 6.31. The molecule has 0 saturated heterocycles. The first kappa shape index (κ1) is 14.3. The lowest BCUT2D eigenvalue weighted by atomic mass is 10.0. The van der Waals surface area contributed by atoms with E-state index >= 15 is 0 Å². The molecular weight excluding hydrogens is 236 g/mol. The molecule has 1 aromatic rings. The van der Waals surface area contributed by atoms with Crippen molar-refractivity contribution in [1.82, 2.24) is 0 Å². The highest BCUT2D eigenvalue weighted by atomic mass is 35.5. The smallest absolute Gasteiger partial charge is 0.122 e. The van der Waals surface area contributed by atoms with E-state index in [1.165, 1.54) is 0 Å². The lowest BCUT2D eigenvalue weighted by molar-refractivity contribution is 0.174. The molecular formula is C14H21ClO2. The monoisotopic (exact) mass is 256 g/mol. The van der Waals surface area contributed by atoms with Crippen LogP contribution in [0.4, 0.5) is 0 Å². The SMILES string of the molecule is Cc1cc(Cl)c(C(C)C)cc1OCC(C)CO. The normalized spacial score (nSPS) is 12.9. The minimum atomic E-state index is 0.143. The van der Waals surface area contributed by atoms with Gasteiger partial charge in [-0.2, -0.15) is 0 Å². The third-order valence-electron chi connectivity index (χ3n) is 2.75. The standard InChI is InChI=1S/C14H21ClO2/c1-9(2)12-6-14(11(4)5-13(12)15)17-8-10(3)7-16/h5-6,9-10,16H,7-8H2,1-4H3. The Morgan fingerprint density at radius 1 is 1.29 bits per heavy atom. The molecule has 0 saturated carbocycles. The van der Waals surface area contributed by atoms with Gasteiger partial charge in [0.2, 0.25) is 0 Å². The van der Waals surface area contributed by atoms with Crippen molar-refractivity contribution in [3.05, 3.63) is 28.3 Å². The first-order chi connectivity index (χ1) is 7.95. The summed E-state index contributed by atoms with van der Waals surface area (Å²) in [7, 11) is 0. The maximum atomic E-state index is 8.97. The number of hydrogen-bond acceptors (Lipinski definition) is 2. The molecule has 0 aliphatic rings. The van der Waals surface area contributed by atoms with Crippen LogP contribution in [0.1, 0.15) is 37.8 Å². The molecule has 1 aromatic carbocycles. The van der Waals surface area contributed by atoms with Gasteiger partial charge in [-0.25, -0.2) is 0 Å². The van der Waals surface area contributed by atoms with Gasteiger partial charge in [0.15, 0.2) is 0 Å². The molecule has 0 bridgehead atoms. The minimum absolute atomic E-state index is 0.143. The largest absolute Gasteiger partial charge is 0.493 e. The van der Waals surface area contributed by atoms with Crippen LogP contribution in [0.25, 0.3) is 0 Å². The number of aryl methyl sites for hydroxylation is 1. The summed E-state index contributed by atoms with van der Waals surface area (Å²) >= 11 is 6.19. The van der Waals surface area contributed by atoms with Crippen molar-refractivity contribution in [2.24, 2.45) is 5.92 Å². The highest BCUT2D eigenvalue weighted by Gasteiger charge is 2.11. The maximum absolute atomic E-state index is 8.97. The molecule has 3 heteroatoms. The van der Waals surface area contributed by atoms with Crippen LogP contribution in [-0.2, 0) is 0 Å². The molecule has 0 aliphatic heterocycles. The topological polar surface area (TPSA) is 29.5 Å². The van der Waals surface area contributed by atoms with Gasteiger partial charge in [-0.1, -0.05) is 32.4 Å². The van der Waals surface area contributed by atoms with E-state index < -0.39 is 0 Å². The summed E-state index contributed by atoms with van der Waals surface area (Å²) in [5.41, 5.74) is 2.13. The molecule has 96 valence electrons. The predicted molar refractivity (Wildman–Crippen MR) is 72.0 cm³/mol. The maximum Gasteiger partial charge on any atom is 0.122 e. The van der Waals surface area contributed by atoms with Crippen LogP contribution in [-0.4, -0.2) is 18.3 Å². The van der Waals surface area contributed by atoms with Crippen molar-refractivity contribution in [2.45, 2.75) is 33.6 Å². The van der Waals surface area contributed by atoms with Gasteiger partial charge in [0.05, 0.1) is 6.61 Å². The zero-order valence-electron chi connectivity index (χ0n) is 11.0. The summed E-state index contributed by atoms with van der Waals surface area (Å²) in [5.74, 6) is 1.38. The number of ether oxygens (including phenoxy) is 1. The number of rotatable bonds is 5. The van der Waals surface area contributed by atoms with Gasteiger partial charge in [0.1, 0.15) is 5.75 Å². The fourth-order valence-corrected chi connectivity index (χ4v) is 1.99. The number of aliphatic hydroxyl groups excluding tert-OH is 1. The van der Waals surface area contributed by atoms with Crippen LogP contribution in [0.15, 0.2) is 12.1 Å². The Hall–Kier alpha value is -0.730. The Morgan fingerprint density at radius 3 is 2.47 bits per heavy atom. The first-order valence-corrected chi connectivity index (χ1v) is 6.37. The summed E-state index contributed by atoms with van der Waals surface area (Å²) < 4.78 is 5.72. The van der Waals surface area contributed by atoms with Gasteiger partial charge in [-0.3, -0.25) is 0 Å². The minimum Gasteiger partial charge on any atom is -0.493 e. The molecule has 0 radical (unpaired) electrons. The predicted octanol–water partition coefficient (Wildman–Crippen LogP) is 3.78. The molecule has 1 rings (SSSR count). The molecule has 1 N–H and O–H groups in total. The zero-order chi connectivity index (χ0) is 13.0. The van der Waals surface area contributed by atoms with E-state index in [4.69, 9.17) is 21.4 Å². The van der Waals surface area contributed by atoms with Gasteiger partial charge < -0.3 is 9.84 Å². The quantitative estimate of drug-likeness (QED) is 0.869. The van der Waals surface area contributed by atoms with Crippen molar-refractivity contribution in [1.29, 1.82) is 0 Å². The van der Waals surface area contributed by atoms with E-state index in [9.17, 15) is 0 Å². The van der Waals surface area contributed by atoms with Crippen molar-refractivity contribution in [2.75, 3.05) is 13.2 Å². The Kier molecular flexibility index (Phi) is 5.29. The number of benzene rings is 1. The fraction of sp³-hybridized carbons (Fsp3) is 0.571. The van der Waals surface area contributed by atoms with Gasteiger partial charge >= 0.3 is 0 Å². The second-order valence-corrected chi connectivity index (χ2v) is 5.30. The van der Waals surface area contributed by atoms with Crippen molar-refractivity contribution >= 4 is 11.6 Å². The summed E-state index contributed by atoms with van der Waals surface area (Å²) in [6, 6.07) is 3.95. The third kappa shape index (κ3) is 3.90. The molecule has 0 aromatic heterocycles. The third-order valence-corrected chi connectivity index (χ3v) is 3.08. The van der Waals surface area contributed by atoms with Gasteiger partial charge in [-0.05, 0) is 36.1 Å². The van der Waals surface area contributed by atoms with Gasteiger partial charge in [0.25, 0.3) is 0 Å². The summed E-state index contributed by atoms with van der Waals surface area (Å²) in [6.07, 6.45) is 0. The van der Waals surface area contributed by atoms with Crippen molar-refractivity contribution < 1.29 is 9.84 Å². The van der Waals surface area contributed by atoms with Crippen LogP contribution in [0, 0.1) is 12.8 Å². The molecule has 0 aliphatic carbocycles. The average Bonchev–Trinajstić information content (AvgIpc) is 2.26. The Bertz CT molecular complexity index is 375. The van der Waals surface area contributed by atoms with E-state index in [0.717, 1.165) is 21.9 Å². The number of hydrogen-bond donors (Lipinski definition) is 1. The molecule has 0 fully saturated rings. The Labute approximate surface area is 109 Å². The van der Waals surface area contributed by atoms with E-state index in [0.29, 0.717) is 12.5 Å². The zero-order valence-corrected chi connectivity index (χ0v) is 11.7. The summed E-state index contributed by atoms with van der Waals surface area (Å²) in [4.78, 5) is 0. The Balaban J connectivity index is 2.88. The molecule has 0 heterocycles. The molecule has 17 heavy (non-hydrogen) atoms. The van der Waals surface area contributed by atoms with E-state index in [1.807, 2.05) is 26.0 Å². The van der Waals surface area contributed by atoms with E-state index in [1.54, 1.807) is 0 Å². The lowest BCUT2D eigenvalue weighted by Gasteiger charge is -2.16. The second kappa shape index (κ2) is 6.27. The summed E-state index contributed by atoms with van der Waals surface area (Å²) in [6.45, 7) is 8.82. The van der Waals surface area contributed by atoms with Gasteiger partial charge in [-0.15, -0.1) is 0 Å². The van der Waals surface area contributed by atoms with Crippen LogP contribution < -0.4 is 4.74 Å². The second-order valence-electron chi connectivity index (χ2n) is 4.89. The lowest BCUT2D eigenvalue weighted by Crippen LogP contribution is -2.12. The van der Waals surface area contributed by atoms with Crippen molar-refractivity contribution in [3.8, 4) is 5.75 Å². The van der Waals surface area contributed by atoms with Crippen LogP contribution >= 0.6 is 11.6 Å². The molecule has 1 atom stereocenters. The number of halogens is 1. The number of aliphatic hydroxyl groups is 1. The molecule has 1 unspecified atom stereocenters. The van der Waals surface area contributed by atoms with E-state index in [2.05, 4.69) is 13.8 Å². The van der Waals surface area contributed by atoms with E-state index in [-0.39, 0.29) is 12.5 Å². The average molecular weight is 257 g/mol. The summed E-state index contributed by atoms with van der Waals surface area (Å²) in [5, 5.41) is 9.76. The molecule has 0 spiro atoms. The molecule has 2 nitrogen and oxygen atoms in total.